The fourth-order valence-electron chi connectivity index (χ4n) is 1.49. The molecule has 1 rings (SSSR count). The third kappa shape index (κ3) is 5.71. The zero-order chi connectivity index (χ0) is 12.5. The number of hydrogen-bond donors (Lipinski definition) is 2. The Morgan fingerprint density at radius 3 is 2.94 bits per heavy atom. The van der Waals surface area contributed by atoms with Crippen molar-refractivity contribution in [1.82, 2.24) is 5.32 Å². The molecule has 0 aliphatic heterocycles. The number of ether oxygens (including phenoxy) is 1. The molecule has 1 aromatic carbocycles. The van der Waals surface area contributed by atoms with Gasteiger partial charge in [0.25, 0.3) is 0 Å². The first-order valence-electron chi connectivity index (χ1n) is 6.29. The number of benzene rings is 1. The van der Waals surface area contributed by atoms with E-state index in [1.165, 1.54) is 5.56 Å². The van der Waals surface area contributed by atoms with Crippen LogP contribution in [0.25, 0.3) is 0 Å². The Balaban J connectivity index is 2.37. The number of hydrogen-bond acceptors (Lipinski definition) is 3. The first kappa shape index (κ1) is 14.0. The highest BCUT2D eigenvalue weighted by Crippen LogP contribution is 2.13. The van der Waals surface area contributed by atoms with E-state index in [0.717, 1.165) is 31.9 Å². The minimum absolute atomic E-state index is 0.229. The summed E-state index contributed by atoms with van der Waals surface area (Å²) in [6.45, 7) is 6.75. The molecule has 0 bridgehead atoms. The average molecular weight is 237 g/mol. The molecule has 1 unspecified atom stereocenters. The highest BCUT2D eigenvalue weighted by atomic mass is 16.5. The summed E-state index contributed by atoms with van der Waals surface area (Å²) in [5.74, 6) is 1.23. The predicted molar refractivity (Wildman–Crippen MR) is 70.2 cm³/mol. The molecule has 0 aliphatic carbocycles. The number of rotatable bonds is 8. The normalized spacial score (nSPS) is 12.4. The van der Waals surface area contributed by atoms with Gasteiger partial charge in [-0.3, -0.25) is 0 Å². The quantitative estimate of drug-likeness (QED) is 0.728. The zero-order valence-electron chi connectivity index (χ0n) is 10.8. The summed E-state index contributed by atoms with van der Waals surface area (Å²) in [5.41, 5.74) is 1.21. The molecule has 0 saturated carbocycles. The van der Waals surface area contributed by atoms with E-state index in [1.807, 2.05) is 19.1 Å². The van der Waals surface area contributed by atoms with Crippen LogP contribution in [0.1, 0.15) is 25.8 Å². The Hall–Kier alpha value is -1.06. The Labute approximate surface area is 104 Å². The lowest BCUT2D eigenvalue weighted by atomic mass is 10.2. The Kier molecular flexibility index (Phi) is 6.67. The molecule has 0 spiro atoms. The molecule has 1 atom stereocenters. The average Bonchev–Trinajstić information content (AvgIpc) is 2.36. The van der Waals surface area contributed by atoms with E-state index in [4.69, 9.17) is 9.84 Å². The third-order valence-electron chi connectivity index (χ3n) is 2.50. The molecule has 1 aromatic rings. The first-order valence-corrected chi connectivity index (χ1v) is 6.29. The van der Waals surface area contributed by atoms with Crippen LogP contribution in [-0.4, -0.2) is 24.9 Å². The molecule has 3 heteroatoms. The van der Waals surface area contributed by atoms with Crippen molar-refractivity contribution in [2.75, 3.05) is 19.8 Å². The molecular weight excluding hydrogens is 214 g/mol. The highest BCUT2D eigenvalue weighted by Gasteiger charge is 2.00. The van der Waals surface area contributed by atoms with Gasteiger partial charge in [-0.2, -0.15) is 0 Å². The van der Waals surface area contributed by atoms with Crippen molar-refractivity contribution in [1.29, 1.82) is 0 Å². The number of aliphatic hydroxyl groups is 1. The molecule has 3 nitrogen and oxygen atoms in total. The summed E-state index contributed by atoms with van der Waals surface area (Å²) >= 11 is 0. The molecule has 0 saturated heterocycles. The number of aliphatic hydroxyl groups excluding tert-OH is 1. The summed E-state index contributed by atoms with van der Waals surface area (Å²) < 4.78 is 5.58. The molecule has 17 heavy (non-hydrogen) atoms. The van der Waals surface area contributed by atoms with Crippen LogP contribution < -0.4 is 10.1 Å². The lowest BCUT2D eigenvalue weighted by Gasteiger charge is -2.10. The van der Waals surface area contributed by atoms with Crippen LogP contribution in [0.15, 0.2) is 24.3 Å². The van der Waals surface area contributed by atoms with Gasteiger partial charge in [-0.05, 0) is 30.0 Å². The van der Waals surface area contributed by atoms with Crippen LogP contribution in [0.3, 0.4) is 0 Å². The third-order valence-corrected chi connectivity index (χ3v) is 2.50. The van der Waals surface area contributed by atoms with Gasteiger partial charge in [-0.25, -0.2) is 0 Å². The summed E-state index contributed by atoms with van der Waals surface area (Å²) in [6, 6.07) is 8.13. The molecule has 0 heterocycles. The summed E-state index contributed by atoms with van der Waals surface area (Å²) in [6.07, 6.45) is 1.02. The fraction of sp³-hybridized carbons (Fsp3) is 0.571. The second-order valence-corrected chi connectivity index (χ2v) is 4.41. The van der Waals surface area contributed by atoms with Gasteiger partial charge in [-0.1, -0.05) is 26.0 Å². The lowest BCUT2D eigenvalue weighted by molar-refractivity contribution is 0.233. The minimum atomic E-state index is 0.229. The Morgan fingerprint density at radius 1 is 1.41 bits per heavy atom. The van der Waals surface area contributed by atoms with E-state index in [1.54, 1.807) is 0 Å². The number of nitrogens with one attached hydrogen (secondary N) is 1. The SMILES string of the molecule is CCCOc1cccc(CNCC(C)CO)c1. The smallest absolute Gasteiger partial charge is 0.119 e. The van der Waals surface area contributed by atoms with E-state index in [-0.39, 0.29) is 6.61 Å². The minimum Gasteiger partial charge on any atom is -0.494 e. The monoisotopic (exact) mass is 237 g/mol. The second kappa shape index (κ2) is 8.09. The second-order valence-electron chi connectivity index (χ2n) is 4.41. The first-order chi connectivity index (χ1) is 8.26. The molecule has 0 aliphatic rings. The van der Waals surface area contributed by atoms with Gasteiger partial charge in [0.1, 0.15) is 5.75 Å². The Bertz CT molecular complexity index is 315. The van der Waals surface area contributed by atoms with Crippen molar-refractivity contribution >= 4 is 0 Å². The Morgan fingerprint density at radius 2 is 2.24 bits per heavy atom. The molecular formula is C14H23NO2. The van der Waals surface area contributed by atoms with Crippen molar-refractivity contribution in [2.24, 2.45) is 5.92 Å². The van der Waals surface area contributed by atoms with Crippen molar-refractivity contribution in [3.05, 3.63) is 29.8 Å². The van der Waals surface area contributed by atoms with E-state index in [2.05, 4.69) is 24.4 Å². The van der Waals surface area contributed by atoms with Crippen molar-refractivity contribution in [2.45, 2.75) is 26.8 Å². The highest BCUT2D eigenvalue weighted by molar-refractivity contribution is 5.28. The zero-order valence-corrected chi connectivity index (χ0v) is 10.8. The molecule has 0 amide bonds. The maximum atomic E-state index is 8.91. The van der Waals surface area contributed by atoms with Crippen LogP contribution >= 0.6 is 0 Å². The maximum Gasteiger partial charge on any atom is 0.119 e. The van der Waals surface area contributed by atoms with Crippen LogP contribution in [0.4, 0.5) is 0 Å². The van der Waals surface area contributed by atoms with Crippen molar-refractivity contribution in [3.8, 4) is 5.75 Å². The van der Waals surface area contributed by atoms with E-state index < -0.39 is 0 Å². The summed E-state index contributed by atoms with van der Waals surface area (Å²) in [5, 5.41) is 12.2. The van der Waals surface area contributed by atoms with Crippen LogP contribution in [0.5, 0.6) is 5.75 Å². The van der Waals surface area contributed by atoms with Crippen LogP contribution in [0, 0.1) is 5.92 Å². The van der Waals surface area contributed by atoms with E-state index in [0.29, 0.717) is 5.92 Å². The summed E-state index contributed by atoms with van der Waals surface area (Å²) in [4.78, 5) is 0. The van der Waals surface area contributed by atoms with Gasteiger partial charge in [0.2, 0.25) is 0 Å². The van der Waals surface area contributed by atoms with Crippen molar-refractivity contribution < 1.29 is 9.84 Å². The van der Waals surface area contributed by atoms with Gasteiger partial charge < -0.3 is 15.2 Å². The molecule has 0 fully saturated rings. The van der Waals surface area contributed by atoms with Crippen molar-refractivity contribution in [3.63, 3.8) is 0 Å². The van der Waals surface area contributed by atoms with Crippen LogP contribution in [0.2, 0.25) is 0 Å². The fourth-order valence-corrected chi connectivity index (χ4v) is 1.49. The van der Waals surface area contributed by atoms with E-state index in [9.17, 15) is 0 Å². The standard InChI is InChI=1S/C14H23NO2/c1-3-7-17-14-6-4-5-13(8-14)10-15-9-12(2)11-16/h4-6,8,12,15-16H,3,7,9-11H2,1-2H3. The lowest BCUT2D eigenvalue weighted by Crippen LogP contribution is -2.22. The predicted octanol–water partition coefficient (Wildman–Crippen LogP) is 2.19. The summed E-state index contributed by atoms with van der Waals surface area (Å²) in [7, 11) is 0. The van der Waals surface area contributed by atoms with Gasteiger partial charge in [-0.15, -0.1) is 0 Å². The van der Waals surface area contributed by atoms with Crippen LogP contribution in [-0.2, 0) is 6.54 Å². The van der Waals surface area contributed by atoms with Gasteiger partial charge in [0.15, 0.2) is 0 Å². The topological polar surface area (TPSA) is 41.5 Å². The molecule has 0 aromatic heterocycles. The van der Waals surface area contributed by atoms with Gasteiger partial charge in [0.05, 0.1) is 6.61 Å². The molecule has 0 radical (unpaired) electrons. The largest absolute Gasteiger partial charge is 0.494 e. The maximum absolute atomic E-state index is 8.91. The van der Waals surface area contributed by atoms with E-state index >= 15 is 0 Å². The van der Waals surface area contributed by atoms with Gasteiger partial charge >= 0.3 is 0 Å². The van der Waals surface area contributed by atoms with Gasteiger partial charge in [0, 0.05) is 19.7 Å². The molecule has 2 N–H and O–H groups in total. The molecule has 96 valence electrons.